The van der Waals surface area contributed by atoms with Crippen molar-refractivity contribution in [2.45, 2.75) is 0 Å². The fraction of sp³-hybridized carbons (Fsp3) is 0. The van der Waals surface area contributed by atoms with Crippen molar-refractivity contribution in [2.24, 2.45) is 0 Å². The van der Waals surface area contributed by atoms with E-state index in [0.29, 0.717) is 11.3 Å². The van der Waals surface area contributed by atoms with Crippen LogP contribution in [0.4, 0.5) is 5.69 Å². The van der Waals surface area contributed by atoms with Gasteiger partial charge in [-0.25, -0.2) is 9.89 Å². The highest BCUT2D eigenvalue weighted by Crippen LogP contribution is 2.25. The normalized spacial score (nSPS) is 10.4. The van der Waals surface area contributed by atoms with E-state index in [4.69, 9.17) is 10.2 Å². The highest BCUT2D eigenvalue weighted by molar-refractivity contribution is 9.10. The highest BCUT2D eigenvalue weighted by Gasteiger charge is 2.08. The average Bonchev–Trinajstić information content (AvgIpc) is 2.51. The molecule has 0 aliphatic heterocycles. The van der Waals surface area contributed by atoms with E-state index in [1.54, 1.807) is 18.2 Å². The number of H-pyrrole nitrogens is 1. The smallest absolute Gasteiger partial charge is 0.398 e. The van der Waals surface area contributed by atoms with Crippen LogP contribution in [0.1, 0.15) is 0 Å². The fourth-order valence-electron chi connectivity index (χ4n) is 1.07. The molecule has 0 aliphatic carbocycles. The Balaban J connectivity index is 2.57. The molecule has 1 heterocycles. The second-order valence-electron chi connectivity index (χ2n) is 2.65. The molecule has 0 atom stereocenters. The molecule has 1 aromatic heterocycles. The summed E-state index contributed by atoms with van der Waals surface area (Å²) in [4.78, 5) is 10.7. The van der Waals surface area contributed by atoms with Crippen LogP contribution in [0.25, 0.3) is 11.5 Å². The standard InChI is InChI=1S/C8H6BrN3O2/c9-4-1-2-5(6(10)3-4)7-11-12-8(13)14-7/h1-3H,10H2,(H,12,13). The third-order valence-corrected chi connectivity index (χ3v) is 2.18. The van der Waals surface area contributed by atoms with Crippen LogP contribution < -0.4 is 11.5 Å². The second kappa shape index (κ2) is 3.30. The van der Waals surface area contributed by atoms with Gasteiger partial charge in [0.05, 0.1) is 5.56 Å². The molecule has 6 heteroatoms. The van der Waals surface area contributed by atoms with Crippen molar-refractivity contribution in [1.82, 2.24) is 10.2 Å². The van der Waals surface area contributed by atoms with Crippen LogP contribution in [0.3, 0.4) is 0 Å². The zero-order valence-corrected chi connectivity index (χ0v) is 8.54. The molecule has 72 valence electrons. The van der Waals surface area contributed by atoms with Gasteiger partial charge in [0.1, 0.15) is 0 Å². The van der Waals surface area contributed by atoms with Crippen LogP contribution in [0.2, 0.25) is 0 Å². The molecule has 0 saturated heterocycles. The quantitative estimate of drug-likeness (QED) is 0.754. The van der Waals surface area contributed by atoms with Gasteiger partial charge in [0.2, 0.25) is 0 Å². The number of nitrogens with two attached hydrogens (primary N) is 1. The van der Waals surface area contributed by atoms with Gasteiger partial charge in [0, 0.05) is 10.2 Å². The maximum absolute atomic E-state index is 10.7. The van der Waals surface area contributed by atoms with Crippen LogP contribution in [0.5, 0.6) is 0 Å². The summed E-state index contributed by atoms with van der Waals surface area (Å²) in [6.07, 6.45) is 0. The summed E-state index contributed by atoms with van der Waals surface area (Å²) in [5, 5.41) is 5.85. The summed E-state index contributed by atoms with van der Waals surface area (Å²) in [6.45, 7) is 0. The molecule has 0 saturated carbocycles. The van der Waals surface area contributed by atoms with Crippen molar-refractivity contribution in [3.05, 3.63) is 33.2 Å². The minimum atomic E-state index is -0.595. The van der Waals surface area contributed by atoms with Crippen molar-refractivity contribution in [1.29, 1.82) is 0 Å². The molecule has 0 bridgehead atoms. The van der Waals surface area contributed by atoms with E-state index in [1.165, 1.54) is 0 Å². The molecule has 1 aromatic carbocycles. The summed E-state index contributed by atoms with van der Waals surface area (Å²) in [5.74, 6) is -0.401. The first kappa shape index (κ1) is 9.01. The Morgan fingerprint density at radius 3 is 2.86 bits per heavy atom. The Morgan fingerprint density at radius 1 is 1.50 bits per heavy atom. The zero-order chi connectivity index (χ0) is 10.1. The average molecular weight is 256 g/mol. The molecule has 3 N–H and O–H groups in total. The van der Waals surface area contributed by atoms with E-state index in [1.807, 2.05) is 0 Å². The lowest BCUT2D eigenvalue weighted by Gasteiger charge is -2.00. The molecule has 0 unspecified atom stereocenters. The van der Waals surface area contributed by atoms with Gasteiger partial charge in [-0.2, -0.15) is 0 Å². The maximum atomic E-state index is 10.7. The van der Waals surface area contributed by atoms with E-state index in [2.05, 4.69) is 26.1 Å². The predicted molar refractivity (Wildman–Crippen MR) is 54.7 cm³/mol. The first-order valence-electron chi connectivity index (χ1n) is 3.78. The van der Waals surface area contributed by atoms with Crippen molar-refractivity contribution in [3.63, 3.8) is 0 Å². The molecule has 5 nitrogen and oxygen atoms in total. The molecule has 0 aliphatic rings. The van der Waals surface area contributed by atoms with Gasteiger partial charge < -0.3 is 10.2 Å². The lowest BCUT2D eigenvalue weighted by atomic mass is 10.2. The first-order chi connectivity index (χ1) is 6.66. The van der Waals surface area contributed by atoms with Crippen LogP contribution in [0, 0.1) is 0 Å². The van der Waals surface area contributed by atoms with Crippen LogP contribution in [-0.2, 0) is 0 Å². The maximum Gasteiger partial charge on any atom is 0.434 e. The molecule has 2 rings (SSSR count). The molecule has 0 fully saturated rings. The molecule has 0 spiro atoms. The summed E-state index contributed by atoms with van der Waals surface area (Å²) < 4.78 is 5.63. The Morgan fingerprint density at radius 2 is 2.29 bits per heavy atom. The van der Waals surface area contributed by atoms with Gasteiger partial charge in [0.25, 0.3) is 5.89 Å². The number of nitrogens with one attached hydrogen (secondary N) is 1. The number of nitrogen functional groups attached to an aromatic ring is 1. The lowest BCUT2D eigenvalue weighted by Crippen LogP contribution is -1.93. The number of halogens is 1. The minimum absolute atomic E-state index is 0.194. The SMILES string of the molecule is Nc1cc(Br)ccc1-c1n[nH]c(=O)o1. The van der Waals surface area contributed by atoms with E-state index in [9.17, 15) is 4.79 Å². The third-order valence-electron chi connectivity index (χ3n) is 1.68. The highest BCUT2D eigenvalue weighted by atomic mass is 79.9. The number of hydrogen-bond donors (Lipinski definition) is 2. The zero-order valence-electron chi connectivity index (χ0n) is 6.95. The summed E-state index contributed by atoms with van der Waals surface area (Å²) in [7, 11) is 0. The molecule has 0 radical (unpaired) electrons. The fourth-order valence-corrected chi connectivity index (χ4v) is 1.45. The molecular formula is C8H6BrN3O2. The van der Waals surface area contributed by atoms with Gasteiger partial charge >= 0.3 is 5.76 Å². The molecule has 2 aromatic rings. The number of aromatic nitrogens is 2. The van der Waals surface area contributed by atoms with Crippen LogP contribution in [-0.4, -0.2) is 10.2 Å². The van der Waals surface area contributed by atoms with Gasteiger partial charge in [-0.05, 0) is 18.2 Å². The predicted octanol–water partition coefficient (Wildman–Crippen LogP) is 1.37. The Bertz CT molecular complexity index is 517. The lowest BCUT2D eigenvalue weighted by molar-refractivity contribution is 0.527. The van der Waals surface area contributed by atoms with Gasteiger partial charge in [0.15, 0.2) is 0 Å². The summed E-state index contributed by atoms with van der Waals surface area (Å²) >= 11 is 3.27. The third kappa shape index (κ3) is 1.56. The van der Waals surface area contributed by atoms with Crippen molar-refractivity contribution >= 4 is 21.6 Å². The Labute approximate surface area is 87.1 Å². The van der Waals surface area contributed by atoms with Crippen LogP contribution in [0.15, 0.2) is 31.9 Å². The van der Waals surface area contributed by atoms with Gasteiger partial charge in [-0.1, -0.05) is 15.9 Å². The molecular weight excluding hydrogens is 250 g/mol. The number of benzene rings is 1. The van der Waals surface area contributed by atoms with Crippen molar-refractivity contribution < 1.29 is 4.42 Å². The Hall–Kier alpha value is -1.56. The van der Waals surface area contributed by atoms with E-state index >= 15 is 0 Å². The second-order valence-corrected chi connectivity index (χ2v) is 3.57. The van der Waals surface area contributed by atoms with E-state index in [0.717, 1.165) is 4.47 Å². The van der Waals surface area contributed by atoms with E-state index < -0.39 is 5.76 Å². The van der Waals surface area contributed by atoms with Crippen molar-refractivity contribution in [3.8, 4) is 11.5 Å². The van der Waals surface area contributed by atoms with Crippen LogP contribution >= 0.6 is 15.9 Å². The number of rotatable bonds is 1. The number of aromatic amines is 1. The van der Waals surface area contributed by atoms with E-state index in [-0.39, 0.29) is 5.89 Å². The first-order valence-corrected chi connectivity index (χ1v) is 4.57. The van der Waals surface area contributed by atoms with Crippen molar-refractivity contribution in [2.75, 3.05) is 5.73 Å². The topological polar surface area (TPSA) is 84.9 Å². The van der Waals surface area contributed by atoms with Gasteiger partial charge in [-0.3, -0.25) is 0 Å². The number of hydrogen-bond acceptors (Lipinski definition) is 4. The Kier molecular flexibility index (Phi) is 2.12. The van der Waals surface area contributed by atoms with Gasteiger partial charge in [-0.15, -0.1) is 5.10 Å². The number of nitrogens with zero attached hydrogens (tertiary/aromatic N) is 1. The largest absolute Gasteiger partial charge is 0.434 e. The monoisotopic (exact) mass is 255 g/mol. The summed E-state index contributed by atoms with van der Waals surface area (Å²) in [6, 6.07) is 5.23. The minimum Gasteiger partial charge on any atom is -0.398 e. The summed E-state index contributed by atoms with van der Waals surface area (Å²) in [5.41, 5.74) is 6.80. The number of anilines is 1. The molecule has 0 amide bonds. The molecule has 14 heavy (non-hydrogen) atoms.